The van der Waals surface area contributed by atoms with E-state index in [4.69, 9.17) is 9.47 Å². The molecule has 0 aliphatic carbocycles. The predicted octanol–water partition coefficient (Wildman–Crippen LogP) is 7.09. The van der Waals surface area contributed by atoms with Gasteiger partial charge in [0.25, 0.3) is 11.8 Å². The number of amides is 4. The summed E-state index contributed by atoms with van der Waals surface area (Å²) in [5, 5.41) is 13.3. The van der Waals surface area contributed by atoms with Gasteiger partial charge >= 0.3 is 11.9 Å². The Morgan fingerprint density at radius 1 is 0.536 bits per heavy atom. The minimum absolute atomic E-state index is 0.0798. The maximum atomic E-state index is 13.5. The summed E-state index contributed by atoms with van der Waals surface area (Å²) < 4.78 is 12.7. The molecule has 0 spiro atoms. The maximum Gasteiger partial charge on any atom is 0.344 e. The molecule has 5 aromatic rings. The summed E-state index contributed by atoms with van der Waals surface area (Å²) in [5.74, 6) is -3.11. The van der Waals surface area contributed by atoms with Crippen molar-refractivity contribution in [2.45, 2.75) is 13.8 Å². The van der Waals surface area contributed by atoms with Gasteiger partial charge < -0.3 is 20.1 Å². The molecule has 0 aliphatic heterocycles. The van der Waals surface area contributed by atoms with Crippen LogP contribution in [0.2, 0.25) is 0 Å². The molecule has 14 nitrogen and oxygen atoms in total. The first-order valence-electron chi connectivity index (χ1n) is 16.4. The number of nitrogens with one attached hydrogen (secondary N) is 4. The van der Waals surface area contributed by atoms with E-state index in [1.807, 2.05) is 0 Å². The van der Waals surface area contributed by atoms with Crippen molar-refractivity contribution in [3.8, 4) is 11.5 Å². The van der Waals surface area contributed by atoms with Gasteiger partial charge in [0.05, 0.1) is 23.6 Å². The lowest BCUT2D eigenvalue weighted by Crippen LogP contribution is -2.19. The molecule has 0 radical (unpaired) electrons. The number of esters is 2. The zero-order valence-electron chi connectivity index (χ0n) is 29.5. The summed E-state index contributed by atoms with van der Waals surface area (Å²) in [6.45, 7) is 2.75. The number of anilines is 2. The number of benzene rings is 5. The molecule has 0 bridgehead atoms. The first kappa shape index (κ1) is 40.4. The van der Waals surface area contributed by atoms with Gasteiger partial charge in [0, 0.05) is 56.4 Å². The molecule has 0 aliphatic rings. The van der Waals surface area contributed by atoms with Crippen LogP contribution in [0, 0.1) is 0 Å². The monoisotopic (exact) mass is 880 g/mol. The third-order valence-corrected chi connectivity index (χ3v) is 8.38. The highest BCUT2D eigenvalue weighted by molar-refractivity contribution is 9.10. The van der Waals surface area contributed by atoms with E-state index in [0.29, 0.717) is 31.4 Å². The normalized spacial score (nSPS) is 10.8. The van der Waals surface area contributed by atoms with Crippen molar-refractivity contribution in [2.24, 2.45) is 10.2 Å². The summed E-state index contributed by atoms with van der Waals surface area (Å²) in [4.78, 5) is 74.8. The fourth-order valence-electron chi connectivity index (χ4n) is 4.84. The molecule has 0 saturated carbocycles. The molecule has 5 rings (SSSR count). The second-order valence-corrected chi connectivity index (χ2v) is 13.4. The highest BCUT2D eigenvalue weighted by Gasteiger charge is 2.22. The Kier molecular flexibility index (Phi) is 13.7. The van der Waals surface area contributed by atoms with Crippen molar-refractivity contribution in [1.82, 2.24) is 10.9 Å². The Morgan fingerprint density at radius 2 is 0.911 bits per heavy atom. The van der Waals surface area contributed by atoms with Crippen LogP contribution in [0.15, 0.2) is 128 Å². The largest absolute Gasteiger partial charge is 0.422 e. The second-order valence-electron chi connectivity index (χ2n) is 11.6. The van der Waals surface area contributed by atoms with E-state index in [1.54, 1.807) is 60.7 Å². The van der Waals surface area contributed by atoms with Crippen molar-refractivity contribution in [3.05, 3.63) is 152 Å². The van der Waals surface area contributed by atoms with Crippen LogP contribution in [-0.2, 0) is 9.59 Å². The van der Waals surface area contributed by atoms with Crippen LogP contribution in [0.1, 0.15) is 66.4 Å². The number of hydrogen-bond donors (Lipinski definition) is 4. The molecule has 0 aromatic heterocycles. The van der Waals surface area contributed by atoms with Gasteiger partial charge in [-0.05, 0) is 97.1 Å². The Bertz CT molecular complexity index is 2220. The molecule has 0 fully saturated rings. The third kappa shape index (κ3) is 11.4. The summed E-state index contributed by atoms with van der Waals surface area (Å²) in [7, 11) is 0. The second kappa shape index (κ2) is 19.0. The first-order valence-corrected chi connectivity index (χ1v) is 18.0. The van der Waals surface area contributed by atoms with Crippen molar-refractivity contribution >= 4 is 91.2 Å². The van der Waals surface area contributed by atoms with Gasteiger partial charge in [-0.3, -0.25) is 19.2 Å². The smallest absolute Gasteiger partial charge is 0.344 e. The van der Waals surface area contributed by atoms with Gasteiger partial charge in [0.1, 0.15) is 11.5 Å². The average Bonchev–Trinajstić information content (AvgIpc) is 3.16. The number of hydrogen-bond acceptors (Lipinski definition) is 10. The Labute approximate surface area is 336 Å². The fourth-order valence-corrected chi connectivity index (χ4v) is 5.60. The van der Waals surface area contributed by atoms with E-state index in [0.717, 1.165) is 0 Å². The van der Waals surface area contributed by atoms with Crippen molar-refractivity contribution in [1.29, 1.82) is 0 Å². The van der Waals surface area contributed by atoms with Crippen LogP contribution < -0.4 is 31.0 Å². The third-order valence-electron chi connectivity index (χ3n) is 7.39. The minimum atomic E-state index is -0.872. The van der Waals surface area contributed by atoms with Gasteiger partial charge in [-0.25, -0.2) is 20.4 Å². The first-order chi connectivity index (χ1) is 26.9. The van der Waals surface area contributed by atoms with Crippen LogP contribution in [0.3, 0.4) is 0 Å². The molecule has 56 heavy (non-hydrogen) atoms. The summed E-state index contributed by atoms with van der Waals surface area (Å²) in [5.41, 5.74) is 6.91. The number of carbonyl (C=O) groups excluding carboxylic acids is 6. The lowest BCUT2D eigenvalue weighted by Gasteiger charge is -2.12. The van der Waals surface area contributed by atoms with Gasteiger partial charge in [-0.1, -0.05) is 44.0 Å². The molecule has 0 heterocycles. The zero-order chi connectivity index (χ0) is 40.2. The molecule has 4 N–H and O–H groups in total. The van der Waals surface area contributed by atoms with Crippen LogP contribution in [0.5, 0.6) is 11.5 Å². The lowest BCUT2D eigenvalue weighted by atomic mass is 10.1. The number of nitrogens with zero attached hydrogens (tertiary/aromatic N) is 2. The lowest BCUT2D eigenvalue weighted by molar-refractivity contribution is -0.115. The quantitative estimate of drug-likeness (QED) is 0.0441. The molecule has 5 aromatic carbocycles. The molecular formula is C40H30Br2N6O8. The van der Waals surface area contributed by atoms with E-state index in [2.05, 4.69) is 63.5 Å². The van der Waals surface area contributed by atoms with E-state index in [-0.39, 0.29) is 45.6 Å². The predicted molar refractivity (Wildman–Crippen MR) is 216 cm³/mol. The Hall–Kier alpha value is -6.78. The number of hydrazone groups is 2. The summed E-state index contributed by atoms with van der Waals surface area (Å²) >= 11 is 6.76. The standard InChI is InChI=1S/C40H30Br2N6O8/c1-23(49)45-31-13-7-25(8-14-31)37(51)47-43-21-27-19-29(41)11-17-35(27)55-39(53)33-5-3-4-6-34(33)40(54)56-36-18-12-30(42)20-28(36)22-44-48-38(52)26-9-15-32(16-10-26)46-24(2)50/h3-22H,1-2H3,(H,45,49)(H,46,50)(H,47,51)(H,48,52)/b43-21-,44-22-. The van der Waals surface area contributed by atoms with E-state index < -0.39 is 23.8 Å². The van der Waals surface area contributed by atoms with Crippen LogP contribution in [0.4, 0.5) is 11.4 Å². The van der Waals surface area contributed by atoms with Gasteiger partial charge in [-0.15, -0.1) is 0 Å². The molecule has 0 unspecified atom stereocenters. The fraction of sp³-hybridized carbons (Fsp3) is 0.0500. The maximum absolute atomic E-state index is 13.5. The average molecular weight is 883 g/mol. The summed E-state index contributed by atoms with van der Waals surface area (Å²) in [6, 6.07) is 27.9. The van der Waals surface area contributed by atoms with E-state index in [9.17, 15) is 28.8 Å². The molecule has 16 heteroatoms. The van der Waals surface area contributed by atoms with Crippen LogP contribution >= 0.6 is 31.9 Å². The number of halogens is 2. The van der Waals surface area contributed by atoms with Crippen molar-refractivity contribution in [3.63, 3.8) is 0 Å². The Morgan fingerprint density at radius 3 is 1.27 bits per heavy atom. The van der Waals surface area contributed by atoms with Crippen molar-refractivity contribution < 1.29 is 38.2 Å². The van der Waals surface area contributed by atoms with Crippen LogP contribution in [-0.4, -0.2) is 48.0 Å². The van der Waals surface area contributed by atoms with Gasteiger partial charge in [0.15, 0.2) is 0 Å². The van der Waals surface area contributed by atoms with E-state index in [1.165, 1.54) is 74.8 Å². The molecule has 282 valence electrons. The number of carbonyl (C=O) groups is 6. The Balaban J connectivity index is 1.26. The van der Waals surface area contributed by atoms with Gasteiger partial charge in [0.2, 0.25) is 11.8 Å². The zero-order valence-corrected chi connectivity index (χ0v) is 32.6. The number of rotatable bonds is 12. The van der Waals surface area contributed by atoms with Gasteiger partial charge in [-0.2, -0.15) is 10.2 Å². The molecular weight excluding hydrogens is 852 g/mol. The van der Waals surface area contributed by atoms with E-state index >= 15 is 0 Å². The summed E-state index contributed by atoms with van der Waals surface area (Å²) in [6.07, 6.45) is 2.58. The topological polar surface area (TPSA) is 194 Å². The molecule has 0 atom stereocenters. The highest BCUT2D eigenvalue weighted by atomic mass is 79.9. The number of ether oxygens (including phenoxy) is 2. The highest BCUT2D eigenvalue weighted by Crippen LogP contribution is 2.26. The molecule has 0 saturated heterocycles. The van der Waals surface area contributed by atoms with Crippen molar-refractivity contribution in [2.75, 3.05) is 10.6 Å². The SMILES string of the molecule is CC(=O)Nc1ccc(C(=O)N/N=C\c2cc(Br)ccc2OC(=O)c2ccccc2C(=O)Oc2ccc(Br)cc2/C=N\NC(=O)c2ccc(NC(C)=O)cc2)cc1. The minimum Gasteiger partial charge on any atom is -0.422 e. The van der Waals surface area contributed by atoms with Crippen LogP contribution in [0.25, 0.3) is 0 Å². The molecule has 4 amide bonds.